The zero-order chi connectivity index (χ0) is 23.2. The molecule has 1 aliphatic heterocycles. The molecule has 0 aromatic rings. The van der Waals surface area contributed by atoms with Gasteiger partial charge in [-0.1, -0.05) is 85.3 Å². The van der Waals surface area contributed by atoms with Gasteiger partial charge in [-0.3, -0.25) is 4.79 Å². The molecule has 0 atom stereocenters. The summed E-state index contributed by atoms with van der Waals surface area (Å²) in [4.78, 5) is 12.5. The van der Waals surface area contributed by atoms with Crippen molar-refractivity contribution in [1.82, 2.24) is 10.6 Å². The fourth-order valence-corrected chi connectivity index (χ4v) is 3.09. The van der Waals surface area contributed by atoms with Crippen molar-refractivity contribution >= 4 is 5.91 Å². The van der Waals surface area contributed by atoms with Gasteiger partial charge in [0.1, 0.15) is 0 Å². The molecule has 0 aromatic carbocycles. The number of nitrogens with one attached hydrogen (secondary N) is 2. The lowest BCUT2D eigenvalue weighted by Crippen LogP contribution is -2.56. The van der Waals surface area contributed by atoms with Crippen molar-refractivity contribution in [2.75, 3.05) is 13.2 Å². The standard InChI is InChI=1S/C18H32N2O2.C8H18/c1-13(17(3,4)5)12-14(2)19-16(21)18(6,7)20-15-8-10-22-11-9-15;1-3-5-7-8-6-4-2/h12,15,20H,2,8-11H2,1,3-7H3,(H,19,21);3-8H2,1-2H3/b13-12+;. The Balaban J connectivity index is 0.000000890. The van der Waals surface area contributed by atoms with E-state index in [4.69, 9.17) is 4.74 Å². The quantitative estimate of drug-likeness (QED) is 0.311. The molecule has 4 heteroatoms. The minimum atomic E-state index is -0.631. The van der Waals surface area contributed by atoms with E-state index in [1.807, 2.05) is 19.9 Å². The van der Waals surface area contributed by atoms with Crippen LogP contribution in [-0.2, 0) is 9.53 Å². The van der Waals surface area contributed by atoms with Crippen LogP contribution < -0.4 is 10.6 Å². The molecule has 176 valence electrons. The summed E-state index contributed by atoms with van der Waals surface area (Å²) in [6, 6.07) is 0.328. The summed E-state index contributed by atoms with van der Waals surface area (Å²) in [5, 5.41) is 6.34. The van der Waals surface area contributed by atoms with Crippen molar-refractivity contribution in [3.8, 4) is 0 Å². The van der Waals surface area contributed by atoms with Crippen LogP contribution in [0.1, 0.15) is 107 Å². The van der Waals surface area contributed by atoms with Crippen molar-refractivity contribution in [3.63, 3.8) is 0 Å². The molecule has 0 bridgehead atoms. The first-order valence-corrected chi connectivity index (χ1v) is 12.0. The Kier molecular flexibility index (Phi) is 14.2. The number of unbranched alkanes of at least 4 members (excludes halogenated alkanes) is 5. The fraction of sp³-hybridized carbons (Fsp3) is 0.808. The predicted molar refractivity (Wildman–Crippen MR) is 131 cm³/mol. The number of hydrogen-bond acceptors (Lipinski definition) is 3. The van der Waals surface area contributed by atoms with Gasteiger partial charge in [0.15, 0.2) is 0 Å². The van der Waals surface area contributed by atoms with E-state index in [1.165, 1.54) is 44.1 Å². The first kappa shape index (κ1) is 28.9. The van der Waals surface area contributed by atoms with E-state index in [0.29, 0.717) is 11.7 Å². The predicted octanol–water partition coefficient (Wildman–Crippen LogP) is 6.52. The number of hydrogen-bond donors (Lipinski definition) is 2. The van der Waals surface area contributed by atoms with Crippen LogP contribution in [0.3, 0.4) is 0 Å². The van der Waals surface area contributed by atoms with Crippen LogP contribution >= 0.6 is 0 Å². The minimum Gasteiger partial charge on any atom is -0.381 e. The highest BCUT2D eigenvalue weighted by Gasteiger charge is 2.31. The maximum Gasteiger partial charge on any atom is 0.244 e. The number of ether oxygens (including phenoxy) is 1. The smallest absolute Gasteiger partial charge is 0.244 e. The molecular weight excluding hydrogens is 372 g/mol. The largest absolute Gasteiger partial charge is 0.381 e. The summed E-state index contributed by atoms with van der Waals surface area (Å²) in [6.45, 7) is 22.3. The molecule has 1 saturated heterocycles. The zero-order valence-electron chi connectivity index (χ0n) is 21.2. The molecule has 1 heterocycles. The molecule has 0 unspecified atom stereocenters. The van der Waals surface area contributed by atoms with E-state index in [-0.39, 0.29) is 11.3 Å². The molecule has 0 aliphatic carbocycles. The summed E-state index contributed by atoms with van der Waals surface area (Å²) < 4.78 is 5.35. The molecule has 1 fully saturated rings. The lowest BCUT2D eigenvalue weighted by atomic mass is 9.87. The number of rotatable bonds is 10. The second kappa shape index (κ2) is 14.8. The van der Waals surface area contributed by atoms with E-state index in [9.17, 15) is 4.79 Å². The average molecular weight is 423 g/mol. The monoisotopic (exact) mass is 422 g/mol. The highest BCUT2D eigenvalue weighted by atomic mass is 16.5. The van der Waals surface area contributed by atoms with Crippen LogP contribution in [0.25, 0.3) is 0 Å². The van der Waals surface area contributed by atoms with Gasteiger partial charge in [-0.05, 0) is 45.1 Å². The summed E-state index contributed by atoms with van der Waals surface area (Å²) in [5.74, 6) is -0.0537. The van der Waals surface area contributed by atoms with Gasteiger partial charge in [-0.25, -0.2) is 0 Å². The highest BCUT2D eigenvalue weighted by Crippen LogP contribution is 2.25. The van der Waals surface area contributed by atoms with Crippen LogP contribution in [-0.4, -0.2) is 30.7 Å². The normalized spacial score (nSPS) is 15.9. The van der Waals surface area contributed by atoms with E-state index in [0.717, 1.165) is 26.1 Å². The molecular formula is C26H50N2O2. The third kappa shape index (κ3) is 13.2. The van der Waals surface area contributed by atoms with Crippen LogP contribution in [0, 0.1) is 5.41 Å². The Morgan fingerprint density at radius 2 is 1.50 bits per heavy atom. The van der Waals surface area contributed by atoms with Crippen LogP contribution in [0.2, 0.25) is 0 Å². The highest BCUT2D eigenvalue weighted by molar-refractivity contribution is 5.87. The molecule has 0 radical (unpaired) electrons. The van der Waals surface area contributed by atoms with Crippen molar-refractivity contribution in [2.24, 2.45) is 5.41 Å². The Hall–Kier alpha value is -1.13. The summed E-state index contributed by atoms with van der Waals surface area (Å²) in [5.41, 5.74) is 1.27. The first-order chi connectivity index (χ1) is 13.9. The van der Waals surface area contributed by atoms with Gasteiger partial charge in [0.2, 0.25) is 5.91 Å². The van der Waals surface area contributed by atoms with Gasteiger partial charge in [-0.15, -0.1) is 0 Å². The SMILES string of the molecule is C=C(/C=C(\C)C(C)(C)C)NC(=O)C(C)(C)NC1CCOCC1.CCCCCCCC. The van der Waals surface area contributed by atoms with Gasteiger partial charge >= 0.3 is 0 Å². The molecule has 4 nitrogen and oxygen atoms in total. The molecule has 0 saturated carbocycles. The lowest BCUT2D eigenvalue weighted by Gasteiger charge is -2.33. The number of carbonyl (C=O) groups excluding carboxylic acids is 1. The van der Waals surface area contributed by atoms with Gasteiger partial charge in [0, 0.05) is 25.0 Å². The minimum absolute atomic E-state index is 0.0537. The number of carbonyl (C=O) groups is 1. The van der Waals surface area contributed by atoms with E-state index >= 15 is 0 Å². The third-order valence-electron chi connectivity index (χ3n) is 5.66. The maximum absolute atomic E-state index is 12.5. The molecule has 1 aliphatic rings. The number of allylic oxidation sites excluding steroid dienone is 2. The molecule has 2 N–H and O–H groups in total. The van der Waals surface area contributed by atoms with Crippen molar-refractivity contribution in [1.29, 1.82) is 0 Å². The molecule has 0 spiro atoms. The van der Waals surface area contributed by atoms with E-state index in [1.54, 1.807) is 0 Å². The van der Waals surface area contributed by atoms with E-state index < -0.39 is 5.54 Å². The second-order valence-corrected chi connectivity index (χ2v) is 10.1. The fourth-order valence-electron chi connectivity index (χ4n) is 3.09. The molecule has 1 rings (SSSR count). The Morgan fingerprint density at radius 3 is 1.93 bits per heavy atom. The van der Waals surface area contributed by atoms with Crippen LogP contribution in [0.5, 0.6) is 0 Å². The van der Waals surface area contributed by atoms with E-state index in [2.05, 4.69) is 58.8 Å². The summed E-state index contributed by atoms with van der Waals surface area (Å²) in [6.07, 6.45) is 12.3. The summed E-state index contributed by atoms with van der Waals surface area (Å²) >= 11 is 0. The van der Waals surface area contributed by atoms with Gasteiger partial charge in [-0.2, -0.15) is 0 Å². The Labute approximate surface area is 187 Å². The average Bonchev–Trinajstić information content (AvgIpc) is 2.65. The van der Waals surface area contributed by atoms with Gasteiger partial charge in [0.25, 0.3) is 0 Å². The molecule has 1 amide bonds. The zero-order valence-corrected chi connectivity index (χ0v) is 21.2. The Bertz CT molecular complexity index is 518. The number of amides is 1. The first-order valence-electron chi connectivity index (χ1n) is 12.0. The van der Waals surface area contributed by atoms with Gasteiger partial charge in [0.05, 0.1) is 5.54 Å². The van der Waals surface area contributed by atoms with Crippen molar-refractivity contribution in [3.05, 3.63) is 23.9 Å². The summed E-state index contributed by atoms with van der Waals surface area (Å²) in [7, 11) is 0. The second-order valence-electron chi connectivity index (χ2n) is 10.1. The Morgan fingerprint density at radius 1 is 1.00 bits per heavy atom. The van der Waals surface area contributed by atoms with Crippen molar-refractivity contribution < 1.29 is 9.53 Å². The van der Waals surface area contributed by atoms with Crippen LogP contribution in [0.15, 0.2) is 23.9 Å². The van der Waals surface area contributed by atoms with Gasteiger partial charge < -0.3 is 15.4 Å². The lowest BCUT2D eigenvalue weighted by molar-refractivity contribution is -0.126. The van der Waals surface area contributed by atoms with Crippen molar-refractivity contribution in [2.45, 2.75) is 118 Å². The maximum atomic E-state index is 12.5. The van der Waals surface area contributed by atoms with Crippen LogP contribution in [0.4, 0.5) is 0 Å². The molecule has 0 aromatic heterocycles. The third-order valence-corrected chi connectivity index (χ3v) is 5.66. The topological polar surface area (TPSA) is 50.4 Å². The molecule has 30 heavy (non-hydrogen) atoms.